The van der Waals surface area contributed by atoms with E-state index >= 15 is 0 Å². The molecule has 0 aromatic heterocycles. The van der Waals surface area contributed by atoms with Crippen molar-refractivity contribution in [1.82, 2.24) is 0 Å². The average molecular weight is 420 g/mol. The van der Waals surface area contributed by atoms with Crippen LogP contribution in [0.4, 0.5) is 24.5 Å². The number of hydrogen-bond acceptors (Lipinski definition) is 3. The molecule has 1 saturated heterocycles. The molecule has 1 saturated carbocycles. The van der Waals surface area contributed by atoms with Crippen LogP contribution in [0.3, 0.4) is 0 Å². The summed E-state index contributed by atoms with van der Waals surface area (Å²) in [5.74, 6) is 0.331. The summed E-state index contributed by atoms with van der Waals surface area (Å²) in [4.78, 5) is 3.76. The number of amidine groups is 1. The van der Waals surface area contributed by atoms with Crippen LogP contribution >= 0.6 is 12.6 Å². The molecule has 7 heteroatoms. The summed E-state index contributed by atoms with van der Waals surface area (Å²) < 4.78 is 39.8. The Morgan fingerprint density at radius 1 is 1.00 bits per heavy atom. The van der Waals surface area contributed by atoms with Gasteiger partial charge in [-0.1, -0.05) is 43.0 Å². The average Bonchev–Trinajstić information content (AvgIpc) is 2.89. The highest BCUT2D eigenvalue weighted by atomic mass is 32.1. The summed E-state index contributed by atoms with van der Waals surface area (Å²) in [5.41, 5.74) is 0.614. The van der Waals surface area contributed by atoms with Crippen molar-refractivity contribution in [3.05, 3.63) is 59.7 Å². The normalized spacial score (nSPS) is 21.8. The van der Waals surface area contributed by atoms with Crippen molar-refractivity contribution in [2.75, 3.05) is 9.80 Å². The Morgan fingerprint density at radius 3 is 2.28 bits per heavy atom. The number of nitrogens with zero attached hydrogens (tertiary/aromatic N) is 2. The largest absolute Gasteiger partial charge is 0.416 e. The minimum absolute atomic E-state index is 0.331. The van der Waals surface area contributed by atoms with Crippen molar-refractivity contribution in [2.45, 2.75) is 56.2 Å². The summed E-state index contributed by atoms with van der Waals surface area (Å²) in [7, 11) is 0. The smallest absolute Gasteiger partial charge is 0.329 e. The van der Waals surface area contributed by atoms with Crippen LogP contribution in [0.15, 0.2) is 48.5 Å². The maximum absolute atomic E-state index is 13.3. The molecule has 2 aromatic rings. The minimum atomic E-state index is -4.43. The molecule has 0 radical (unpaired) electrons. The first-order valence-corrected chi connectivity index (χ1v) is 10.4. The molecule has 1 aliphatic carbocycles. The number of hydrogen-bond donors (Lipinski definition) is 2. The standard InChI is InChI=1S/C22H24F3N3S/c1-15-8-10-17(11-9-15)28-20(29)27(19(26)21(28)12-3-2-4-13-21)18-7-5-6-16(14-18)22(23,24)25/h5-11,14,20,26,29H,2-4,12-13H2,1H3. The van der Waals surface area contributed by atoms with E-state index in [1.807, 2.05) is 31.2 Å². The van der Waals surface area contributed by atoms with Gasteiger partial charge in [-0.15, -0.1) is 12.6 Å². The Hall–Kier alpha value is -2.15. The van der Waals surface area contributed by atoms with Crippen LogP contribution in [0.5, 0.6) is 0 Å². The van der Waals surface area contributed by atoms with E-state index in [1.54, 1.807) is 11.0 Å². The number of rotatable bonds is 2. The van der Waals surface area contributed by atoms with Crippen LogP contribution in [-0.4, -0.2) is 16.9 Å². The van der Waals surface area contributed by atoms with Crippen molar-refractivity contribution >= 4 is 29.8 Å². The number of benzene rings is 2. The molecule has 2 aliphatic rings. The van der Waals surface area contributed by atoms with Crippen LogP contribution in [0, 0.1) is 12.3 Å². The lowest BCUT2D eigenvalue weighted by Crippen LogP contribution is -2.51. The van der Waals surface area contributed by atoms with E-state index in [1.165, 1.54) is 6.07 Å². The Morgan fingerprint density at radius 2 is 1.66 bits per heavy atom. The first kappa shape index (κ1) is 20.1. The van der Waals surface area contributed by atoms with Gasteiger partial charge in [0, 0.05) is 11.4 Å². The lowest BCUT2D eigenvalue weighted by Gasteiger charge is -2.42. The molecule has 1 unspecified atom stereocenters. The highest BCUT2D eigenvalue weighted by molar-refractivity contribution is 7.81. The summed E-state index contributed by atoms with van der Waals surface area (Å²) >= 11 is 4.81. The molecule has 4 rings (SSSR count). The zero-order valence-electron chi connectivity index (χ0n) is 16.2. The quantitative estimate of drug-likeness (QED) is 0.565. The highest BCUT2D eigenvalue weighted by Crippen LogP contribution is 2.47. The fourth-order valence-corrected chi connectivity index (χ4v) is 5.19. The van der Waals surface area contributed by atoms with E-state index in [-0.39, 0.29) is 0 Å². The SMILES string of the molecule is Cc1ccc(N2C(S)N(c3cccc(C(F)(F)F)c3)C(=N)C23CCCCC3)cc1. The van der Waals surface area contributed by atoms with Crippen LogP contribution in [-0.2, 0) is 6.18 Å². The molecule has 3 nitrogen and oxygen atoms in total. The van der Waals surface area contributed by atoms with Crippen molar-refractivity contribution in [1.29, 1.82) is 5.41 Å². The summed E-state index contributed by atoms with van der Waals surface area (Å²) in [6.45, 7) is 2.01. The van der Waals surface area contributed by atoms with Gasteiger partial charge in [0.05, 0.1) is 5.56 Å². The number of halogens is 3. The third kappa shape index (κ3) is 3.39. The maximum atomic E-state index is 13.3. The minimum Gasteiger partial charge on any atom is -0.329 e. The number of alkyl halides is 3. The van der Waals surface area contributed by atoms with Crippen molar-refractivity contribution in [3.8, 4) is 0 Å². The maximum Gasteiger partial charge on any atom is 0.416 e. The molecule has 29 heavy (non-hydrogen) atoms. The van der Waals surface area contributed by atoms with Gasteiger partial charge in [-0.25, -0.2) is 0 Å². The monoisotopic (exact) mass is 419 g/mol. The molecule has 2 fully saturated rings. The fraction of sp³-hybridized carbons (Fsp3) is 0.409. The second-order valence-electron chi connectivity index (χ2n) is 7.91. The van der Waals surface area contributed by atoms with Gasteiger partial charge in [0.25, 0.3) is 0 Å². The van der Waals surface area contributed by atoms with Gasteiger partial charge in [-0.2, -0.15) is 13.2 Å². The lowest BCUT2D eigenvalue weighted by atomic mass is 9.79. The number of nitrogens with one attached hydrogen (secondary N) is 1. The zero-order valence-corrected chi connectivity index (χ0v) is 17.1. The van der Waals surface area contributed by atoms with Crippen LogP contribution in [0.1, 0.15) is 43.2 Å². The third-order valence-electron chi connectivity index (χ3n) is 6.05. The van der Waals surface area contributed by atoms with Crippen molar-refractivity contribution in [2.24, 2.45) is 0 Å². The van der Waals surface area contributed by atoms with E-state index in [0.717, 1.165) is 55.5 Å². The molecular formula is C22H24F3N3S. The lowest BCUT2D eigenvalue weighted by molar-refractivity contribution is -0.137. The fourth-order valence-electron chi connectivity index (χ4n) is 4.58. The van der Waals surface area contributed by atoms with Crippen molar-refractivity contribution < 1.29 is 13.2 Å². The second kappa shape index (κ2) is 7.27. The van der Waals surface area contributed by atoms with Gasteiger partial charge in [0.15, 0.2) is 5.50 Å². The van der Waals surface area contributed by atoms with E-state index in [2.05, 4.69) is 4.90 Å². The van der Waals surface area contributed by atoms with Crippen LogP contribution < -0.4 is 9.80 Å². The van der Waals surface area contributed by atoms with Gasteiger partial charge in [0.2, 0.25) is 0 Å². The van der Waals surface area contributed by atoms with Gasteiger partial charge < -0.3 is 4.90 Å². The summed E-state index contributed by atoms with van der Waals surface area (Å²) in [5, 5.41) is 9.02. The third-order valence-corrected chi connectivity index (χ3v) is 6.51. The zero-order chi connectivity index (χ0) is 20.8. The van der Waals surface area contributed by atoms with E-state index in [9.17, 15) is 13.2 Å². The Labute approximate surface area is 174 Å². The molecule has 1 heterocycles. The highest BCUT2D eigenvalue weighted by Gasteiger charge is 2.54. The molecule has 154 valence electrons. The van der Waals surface area contributed by atoms with E-state index in [0.29, 0.717) is 11.5 Å². The van der Waals surface area contributed by atoms with Gasteiger partial charge in [-0.3, -0.25) is 10.3 Å². The Kier molecular flexibility index (Phi) is 5.05. The number of thiol groups is 1. The molecule has 0 bridgehead atoms. The van der Waals surface area contributed by atoms with Gasteiger partial charge >= 0.3 is 6.18 Å². The number of aryl methyl sites for hydroxylation is 1. The van der Waals surface area contributed by atoms with Gasteiger partial charge in [-0.05, 0) is 50.1 Å². The van der Waals surface area contributed by atoms with Gasteiger partial charge in [0.1, 0.15) is 11.4 Å². The molecule has 1 spiro atoms. The first-order chi connectivity index (χ1) is 13.7. The van der Waals surface area contributed by atoms with E-state index < -0.39 is 22.8 Å². The second-order valence-corrected chi connectivity index (χ2v) is 8.37. The predicted molar refractivity (Wildman–Crippen MR) is 114 cm³/mol. The van der Waals surface area contributed by atoms with E-state index in [4.69, 9.17) is 18.0 Å². The topological polar surface area (TPSA) is 30.3 Å². The molecular weight excluding hydrogens is 395 g/mol. The summed E-state index contributed by atoms with van der Waals surface area (Å²) in [6.07, 6.45) is 0.253. The Balaban J connectivity index is 1.81. The predicted octanol–water partition coefficient (Wildman–Crippen LogP) is 6.23. The van der Waals surface area contributed by atoms with Crippen molar-refractivity contribution in [3.63, 3.8) is 0 Å². The molecule has 1 atom stereocenters. The number of anilines is 2. The molecule has 1 aliphatic heterocycles. The molecule has 2 aromatic carbocycles. The molecule has 1 N–H and O–H groups in total. The van der Waals surface area contributed by atoms with Crippen LogP contribution in [0.25, 0.3) is 0 Å². The van der Waals surface area contributed by atoms with Crippen LogP contribution in [0.2, 0.25) is 0 Å². The Bertz CT molecular complexity index is 904. The summed E-state index contributed by atoms with van der Waals surface area (Å²) in [6, 6.07) is 13.3. The first-order valence-electron chi connectivity index (χ1n) is 9.84. The molecule has 0 amide bonds.